The summed E-state index contributed by atoms with van der Waals surface area (Å²) in [6, 6.07) is 26.2. The third kappa shape index (κ3) is 5.58. The third-order valence-corrected chi connectivity index (χ3v) is 8.04. The molecule has 2 amide bonds. The summed E-state index contributed by atoms with van der Waals surface area (Å²) in [7, 11) is 0. The smallest absolute Gasteiger partial charge is 0.408 e. The van der Waals surface area contributed by atoms with E-state index in [1.165, 1.54) is 13.8 Å². The topological polar surface area (TPSA) is 108 Å². The van der Waals surface area contributed by atoms with E-state index in [9.17, 15) is 19.5 Å². The molecule has 0 bridgehead atoms. The van der Waals surface area contributed by atoms with E-state index < -0.39 is 29.0 Å². The van der Waals surface area contributed by atoms with Crippen LogP contribution in [0.3, 0.4) is 0 Å². The fourth-order valence-corrected chi connectivity index (χ4v) is 5.63. The summed E-state index contributed by atoms with van der Waals surface area (Å²) < 4.78 is 5.76. The van der Waals surface area contributed by atoms with E-state index in [0.29, 0.717) is 25.9 Å². The zero-order valence-corrected chi connectivity index (χ0v) is 22.9. The fraction of sp³-hybridized carbons (Fsp3) is 0.344. The molecule has 1 aliphatic carbocycles. The van der Waals surface area contributed by atoms with Crippen molar-refractivity contribution in [3.8, 4) is 11.1 Å². The Morgan fingerprint density at radius 1 is 0.900 bits per heavy atom. The Bertz CT molecular complexity index is 1350. The van der Waals surface area contributed by atoms with Gasteiger partial charge in [0.15, 0.2) is 0 Å². The number of alkyl carbamates (subject to hydrolysis) is 1. The highest BCUT2D eigenvalue weighted by molar-refractivity contribution is 5.94. The molecular formula is C32H35N3O5. The first-order chi connectivity index (χ1) is 19.2. The van der Waals surface area contributed by atoms with Crippen molar-refractivity contribution in [3.05, 3.63) is 95.6 Å². The van der Waals surface area contributed by atoms with Crippen LogP contribution in [-0.4, -0.2) is 58.8 Å². The van der Waals surface area contributed by atoms with Gasteiger partial charge < -0.3 is 20.5 Å². The van der Waals surface area contributed by atoms with E-state index in [1.54, 1.807) is 0 Å². The highest BCUT2D eigenvalue weighted by atomic mass is 16.5. The Kier molecular flexibility index (Phi) is 7.63. The van der Waals surface area contributed by atoms with Crippen molar-refractivity contribution in [3.63, 3.8) is 0 Å². The van der Waals surface area contributed by atoms with Gasteiger partial charge in [0.2, 0.25) is 5.91 Å². The van der Waals surface area contributed by atoms with Gasteiger partial charge in [0.05, 0.1) is 0 Å². The van der Waals surface area contributed by atoms with Crippen LogP contribution in [0, 0.1) is 0 Å². The third-order valence-electron chi connectivity index (χ3n) is 8.04. The van der Waals surface area contributed by atoms with Gasteiger partial charge in [-0.3, -0.25) is 9.69 Å². The number of ether oxygens (including phenoxy) is 1. The van der Waals surface area contributed by atoms with E-state index in [-0.39, 0.29) is 12.5 Å². The molecule has 208 valence electrons. The number of piperidine rings is 1. The van der Waals surface area contributed by atoms with Gasteiger partial charge in [-0.2, -0.15) is 0 Å². The molecule has 1 heterocycles. The zero-order valence-electron chi connectivity index (χ0n) is 22.9. The molecule has 0 spiro atoms. The first-order valence-electron chi connectivity index (χ1n) is 13.6. The molecule has 0 saturated carbocycles. The van der Waals surface area contributed by atoms with Gasteiger partial charge in [0, 0.05) is 25.6 Å². The number of aliphatic carboxylic acids is 1. The maximum absolute atomic E-state index is 13.6. The van der Waals surface area contributed by atoms with Gasteiger partial charge in [-0.05, 0) is 54.5 Å². The van der Waals surface area contributed by atoms with Gasteiger partial charge in [-0.25, -0.2) is 9.59 Å². The molecule has 8 nitrogen and oxygen atoms in total. The number of benzene rings is 3. The average molecular weight is 542 g/mol. The molecule has 0 radical (unpaired) electrons. The maximum Gasteiger partial charge on any atom is 0.408 e. The molecule has 3 aromatic carbocycles. The first kappa shape index (κ1) is 27.4. The number of fused-ring (bicyclic) bond motifs is 3. The minimum Gasteiger partial charge on any atom is -0.480 e. The first-order valence-corrected chi connectivity index (χ1v) is 13.6. The highest BCUT2D eigenvalue weighted by Gasteiger charge is 2.46. The number of nitrogens with zero attached hydrogens (tertiary/aromatic N) is 1. The average Bonchev–Trinajstić information content (AvgIpc) is 3.27. The van der Waals surface area contributed by atoms with Gasteiger partial charge >= 0.3 is 12.1 Å². The molecule has 1 fully saturated rings. The number of hydrogen-bond donors (Lipinski definition) is 3. The van der Waals surface area contributed by atoms with Gasteiger partial charge in [-0.15, -0.1) is 0 Å². The van der Waals surface area contributed by atoms with Crippen molar-refractivity contribution < 1.29 is 24.2 Å². The summed E-state index contributed by atoms with van der Waals surface area (Å²) >= 11 is 0. The van der Waals surface area contributed by atoms with Crippen molar-refractivity contribution in [2.45, 2.75) is 50.2 Å². The Morgan fingerprint density at radius 2 is 1.45 bits per heavy atom. The molecule has 1 saturated heterocycles. The lowest BCUT2D eigenvalue weighted by Gasteiger charge is -2.42. The van der Waals surface area contributed by atoms with Gasteiger partial charge in [-0.1, -0.05) is 78.9 Å². The number of carboxylic acid groups (broad SMARTS) is 1. The molecule has 3 aromatic rings. The minimum absolute atomic E-state index is 0.110. The molecule has 0 aromatic heterocycles. The summed E-state index contributed by atoms with van der Waals surface area (Å²) in [5.74, 6) is -1.78. The molecule has 1 aliphatic heterocycles. The summed E-state index contributed by atoms with van der Waals surface area (Å²) in [5.41, 5.74) is 2.84. The Labute approximate surface area is 234 Å². The summed E-state index contributed by atoms with van der Waals surface area (Å²) in [6.45, 7) is 4.82. The van der Waals surface area contributed by atoms with Crippen LogP contribution in [0.5, 0.6) is 0 Å². The van der Waals surface area contributed by atoms with Crippen molar-refractivity contribution in [2.75, 3.05) is 19.7 Å². The van der Waals surface area contributed by atoms with E-state index in [1.807, 2.05) is 54.6 Å². The molecule has 8 heteroatoms. The van der Waals surface area contributed by atoms with Crippen molar-refractivity contribution >= 4 is 18.0 Å². The van der Waals surface area contributed by atoms with Crippen LogP contribution in [-0.2, 0) is 20.9 Å². The highest BCUT2D eigenvalue weighted by Crippen LogP contribution is 2.44. The van der Waals surface area contributed by atoms with E-state index in [2.05, 4.69) is 39.8 Å². The minimum atomic E-state index is -1.49. The van der Waals surface area contributed by atoms with Crippen LogP contribution in [0.15, 0.2) is 78.9 Å². The number of carbonyl (C=O) groups excluding carboxylic acids is 2. The van der Waals surface area contributed by atoms with Crippen LogP contribution in [0.4, 0.5) is 4.79 Å². The normalized spacial score (nSPS) is 16.4. The van der Waals surface area contributed by atoms with Crippen LogP contribution >= 0.6 is 0 Å². The molecule has 0 atom stereocenters. The Morgan fingerprint density at radius 3 is 2.02 bits per heavy atom. The molecule has 2 aliphatic rings. The molecule has 3 N–H and O–H groups in total. The predicted molar refractivity (Wildman–Crippen MR) is 152 cm³/mol. The lowest BCUT2D eigenvalue weighted by atomic mass is 9.85. The number of carboxylic acids is 1. The number of nitrogens with one attached hydrogen (secondary N) is 2. The van der Waals surface area contributed by atoms with E-state index in [4.69, 9.17) is 4.74 Å². The maximum atomic E-state index is 13.6. The zero-order chi connectivity index (χ0) is 28.3. The lowest BCUT2D eigenvalue weighted by Crippen LogP contribution is -2.66. The van der Waals surface area contributed by atoms with E-state index >= 15 is 0 Å². The predicted octanol–water partition coefficient (Wildman–Crippen LogP) is 4.54. The number of likely N-dealkylation sites (tertiary alicyclic amines) is 1. The van der Waals surface area contributed by atoms with Crippen molar-refractivity contribution in [1.82, 2.24) is 15.5 Å². The number of hydrogen-bond acceptors (Lipinski definition) is 5. The summed E-state index contributed by atoms with van der Waals surface area (Å²) in [4.78, 5) is 40.8. The standard InChI is InChI=1S/C32H35N3O5/c1-31(2,29(37)38)33-28(36)32(16-18-35(19-17-32)20-22-10-4-3-5-11-22)34-30(39)40-21-27-25-14-8-6-12-23(25)24-13-7-9-15-26(24)27/h3-15,27H,16-21H2,1-2H3,(H,33,36)(H,34,39)(H,37,38). The van der Waals surface area contributed by atoms with Crippen LogP contribution in [0.1, 0.15) is 49.3 Å². The number of carbonyl (C=O) groups is 3. The lowest BCUT2D eigenvalue weighted by molar-refractivity contribution is -0.147. The number of amides is 2. The van der Waals surface area contributed by atoms with Crippen LogP contribution in [0.2, 0.25) is 0 Å². The van der Waals surface area contributed by atoms with Gasteiger partial charge in [0.25, 0.3) is 0 Å². The largest absolute Gasteiger partial charge is 0.480 e. The van der Waals surface area contributed by atoms with Crippen molar-refractivity contribution in [1.29, 1.82) is 0 Å². The second-order valence-corrected chi connectivity index (χ2v) is 11.2. The Balaban J connectivity index is 1.30. The SMILES string of the molecule is CC(C)(NC(=O)C1(NC(=O)OCC2c3ccccc3-c3ccccc32)CCN(Cc2ccccc2)CC1)C(=O)O. The van der Waals surface area contributed by atoms with Gasteiger partial charge in [0.1, 0.15) is 17.7 Å². The molecule has 40 heavy (non-hydrogen) atoms. The van der Waals surface area contributed by atoms with Crippen LogP contribution in [0.25, 0.3) is 11.1 Å². The molecular weight excluding hydrogens is 506 g/mol. The van der Waals surface area contributed by atoms with Crippen LogP contribution < -0.4 is 10.6 Å². The Hall–Kier alpha value is -4.17. The number of rotatable bonds is 8. The second-order valence-electron chi connectivity index (χ2n) is 11.2. The summed E-state index contributed by atoms with van der Waals surface area (Å²) in [5, 5.41) is 15.1. The second kappa shape index (κ2) is 11.1. The van der Waals surface area contributed by atoms with Crippen molar-refractivity contribution in [2.24, 2.45) is 0 Å². The monoisotopic (exact) mass is 541 g/mol. The van der Waals surface area contributed by atoms with E-state index in [0.717, 1.165) is 34.4 Å². The molecule has 0 unspecified atom stereocenters. The quantitative estimate of drug-likeness (QED) is 0.387. The summed E-state index contributed by atoms with van der Waals surface area (Å²) in [6.07, 6.45) is -0.0430. The molecule has 5 rings (SSSR count). The fourth-order valence-electron chi connectivity index (χ4n) is 5.63.